The van der Waals surface area contributed by atoms with Crippen molar-refractivity contribution in [2.45, 2.75) is 13.0 Å². The third-order valence-electron chi connectivity index (χ3n) is 0.922. The molecule has 0 radical (unpaired) electrons. The van der Waals surface area contributed by atoms with Gasteiger partial charge < -0.3 is 5.11 Å². The highest BCUT2D eigenvalue weighted by atomic mass is 32.1. The van der Waals surface area contributed by atoms with Crippen LogP contribution in [0.2, 0.25) is 0 Å². The Bertz CT molecular complexity index is 213. The summed E-state index contributed by atoms with van der Waals surface area (Å²) in [4.78, 5) is 3.45. The molecule has 0 saturated heterocycles. The highest BCUT2D eigenvalue weighted by Gasteiger charge is 2.10. The summed E-state index contributed by atoms with van der Waals surface area (Å²) in [5, 5.41) is 8.76. The van der Waals surface area contributed by atoms with Gasteiger partial charge in [0, 0.05) is 6.20 Å². The summed E-state index contributed by atoms with van der Waals surface area (Å²) >= 11 is 0.830. The van der Waals surface area contributed by atoms with E-state index in [-0.39, 0.29) is 11.5 Å². The lowest BCUT2D eigenvalue weighted by atomic mass is 10.6. The Morgan fingerprint density at radius 3 is 2.70 bits per heavy atom. The van der Waals surface area contributed by atoms with Crippen LogP contribution in [0.5, 0.6) is 0 Å². The van der Waals surface area contributed by atoms with Crippen LogP contribution in [0.25, 0.3) is 0 Å². The van der Waals surface area contributed by atoms with Crippen LogP contribution < -0.4 is 0 Å². The number of alkyl halides is 2. The van der Waals surface area contributed by atoms with Crippen molar-refractivity contribution >= 4 is 11.3 Å². The molecule has 5 heteroatoms. The maximum atomic E-state index is 11.8. The van der Waals surface area contributed by atoms with Gasteiger partial charge in [-0.15, -0.1) is 11.3 Å². The van der Waals surface area contributed by atoms with Crippen molar-refractivity contribution in [1.29, 1.82) is 0 Å². The number of aromatic nitrogens is 1. The number of aliphatic hydroxyl groups is 1. The van der Waals surface area contributed by atoms with Gasteiger partial charge in [-0.25, -0.2) is 13.8 Å². The topological polar surface area (TPSA) is 33.1 Å². The van der Waals surface area contributed by atoms with E-state index < -0.39 is 6.43 Å². The third kappa shape index (κ3) is 1.48. The molecule has 1 rings (SSSR count). The smallest absolute Gasteiger partial charge is 0.274 e. The van der Waals surface area contributed by atoms with E-state index in [1.165, 1.54) is 0 Å². The van der Waals surface area contributed by atoms with Gasteiger partial charge in [0.05, 0.1) is 11.5 Å². The lowest BCUT2D eigenvalue weighted by Crippen LogP contribution is -1.75. The van der Waals surface area contributed by atoms with Gasteiger partial charge in [-0.05, 0) is 0 Å². The Labute approximate surface area is 60.1 Å². The number of hydrogen-bond acceptors (Lipinski definition) is 3. The molecule has 2 nitrogen and oxygen atoms in total. The quantitative estimate of drug-likeness (QED) is 0.721. The predicted molar refractivity (Wildman–Crippen MR) is 33.0 cm³/mol. The van der Waals surface area contributed by atoms with E-state index in [0.717, 1.165) is 17.5 Å². The Kier molecular flexibility index (Phi) is 2.29. The van der Waals surface area contributed by atoms with Crippen LogP contribution in [0.4, 0.5) is 8.78 Å². The minimum atomic E-state index is -2.47. The molecule has 0 spiro atoms. The molecule has 0 unspecified atom stereocenters. The molecule has 1 heterocycles. The van der Waals surface area contributed by atoms with Crippen molar-refractivity contribution in [2.24, 2.45) is 0 Å². The largest absolute Gasteiger partial charge is 0.389 e. The van der Waals surface area contributed by atoms with Gasteiger partial charge in [0.1, 0.15) is 5.01 Å². The molecule has 0 aliphatic rings. The van der Waals surface area contributed by atoms with Crippen LogP contribution in [-0.4, -0.2) is 10.1 Å². The molecule has 0 bridgehead atoms. The second-order valence-corrected chi connectivity index (χ2v) is 2.76. The fourth-order valence-electron chi connectivity index (χ4n) is 0.498. The molecule has 1 aromatic heterocycles. The molecule has 0 fully saturated rings. The fraction of sp³-hybridized carbons (Fsp3) is 0.400. The molecular formula is C5H5F2NOS. The molecule has 56 valence electrons. The number of halogens is 2. The van der Waals surface area contributed by atoms with Crippen molar-refractivity contribution in [3.05, 3.63) is 16.1 Å². The molecular weight excluding hydrogens is 160 g/mol. The van der Waals surface area contributed by atoms with Crippen molar-refractivity contribution in [2.75, 3.05) is 0 Å². The fourth-order valence-corrected chi connectivity index (χ4v) is 1.13. The first-order chi connectivity index (χ1) is 4.74. The molecule has 0 amide bonds. The maximum Gasteiger partial charge on any atom is 0.274 e. The van der Waals surface area contributed by atoms with Gasteiger partial charge in [-0.1, -0.05) is 0 Å². The minimum Gasteiger partial charge on any atom is -0.389 e. The van der Waals surface area contributed by atoms with Crippen LogP contribution in [-0.2, 0) is 6.61 Å². The van der Waals surface area contributed by atoms with Crippen molar-refractivity contribution in [3.63, 3.8) is 0 Å². The number of aliphatic hydroxyl groups excluding tert-OH is 1. The summed E-state index contributed by atoms with van der Waals surface area (Å²) in [5.41, 5.74) is 0. The van der Waals surface area contributed by atoms with E-state index in [4.69, 9.17) is 5.11 Å². The summed E-state index contributed by atoms with van der Waals surface area (Å²) in [7, 11) is 0. The average molecular weight is 165 g/mol. The molecule has 0 saturated carbocycles. The molecule has 1 N–H and O–H groups in total. The first kappa shape index (κ1) is 7.56. The van der Waals surface area contributed by atoms with Crippen LogP contribution >= 0.6 is 11.3 Å². The lowest BCUT2D eigenvalue weighted by Gasteiger charge is -1.87. The van der Waals surface area contributed by atoms with E-state index in [0.29, 0.717) is 5.01 Å². The van der Waals surface area contributed by atoms with Gasteiger partial charge >= 0.3 is 0 Å². The zero-order valence-electron chi connectivity index (χ0n) is 4.92. The monoisotopic (exact) mass is 165 g/mol. The number of thiazole rings is 1. The SMILES string of the molecule is OCc1ncc(C(F)F)s1. The van der Waals surface area contributed by atoms with E-state index in [1.54, 1.807) is 0 Å². The minimum absolute atomic E-state index is 0.0935. The second kappa shape index (κ2) is 3.03. The zero-order valence-corrected chi connectivity index (χ0v) is 5.74. The summed E-state index contributed by atoms with van der Waals surface area (Å²) < 4.78 is 23.6. The van der Waals surface area contributed by atoms with Gasteiger partial charge in [-0.3, -0.25) is 0 Å². The third-order valence-corrected chi connectivity index (χ3v) is 1.91. The predicted octanol–water partition coefficient (Wildman–Crippen LogP) is 1.57. The number of nitrogens with zero attached hydrogens (tertiary/aromatic N) is 1. The molecule has 0 aromatic carbocycles. The van der Waals surface area contributed by atoms with Gasteiger partial charge in [-0.2, -0.15) is 0 Å². The van der Waals surface area contributed by atoms with Crippen LogP contribution in [0.15, 0.2) is 6.20 Å². The van der Waals surface area contributed by atoms with Gasteiger partial charge in [0.2, 0.25) is 0 Å². The van der Waals surface area contributed by atoms with Gasteiger partial charge in [0.25, 0.3) is 6.43 Å². The highest BCUT2D eigenvalue weighted by Crippen LogP contribution is 2.24. The second-order valence-electron chi connectivity index (χ2n) is 1.62. The standard InChI is InChI=1S/C5H5F2NOS/c6-5(7)3-1-8-4(2-9)10-3/h1,5,9H,2H2. The summed E-state index contributed by atoms with van der Waals surface area (Å²) in [6, 6.07) is 0. The Morgan fingerprint density at radius 1 is 1.70 bits per heavy atom. The van der Waals surface area contributed by atoms with Crippen molar-refractivity contribution < 1.29 is 13.9 Å². The number of rotatable bonds is 2. The lowest BCUT2D eigenvalue weighted by molar-refractivity contribution is 0.155. The van der Waals surface area contributed by atoms with Gasteiger partial charge in [0.15, 0.2) is 0 Å². The zero-order chi connectivity index (χ0) is 7.56. The average Bonchev–Trinajstić information content (AvgIpc) is 2.34. The summed E-state index contributed by atoms with van der Waals surface area (Å²) in [6.07, 6.45) is -1.39. The van der Waals surface area contributed by atoms with Crippen LogP contribution in [0, 0.1) is 0 Å². The normalized spacial score (nSPS) is 10.8. The highest BCUT2D eigenvalue weighted by molar-refractivity contribution is 7.11. The first-order valence-corrected chi connectivity index (χ1v) is 3.39. The Morgan fingerprint density at radius 2 is 2.40 bits per heavy atom. The van der Waals surface area contributed by atoms with E-state index >= 15 is 0 Å². The Balaban J connectivity index is 2.78. The van der Waals surface area contributed by atoms with Crippen molar-refractivity contribution in [3.8, 4) is 0 Å². The molecule has 1 aromatic rings. The van der Waals surface area contributed by atoms with E-state index in [9.17, 15) is 8.78 Å². The molecule has 0 aliphatic heterocycles. The molecule has 10 heavy (non-hydrogen) atoms. The molecule has 0 aliphatic carbocycles. The Hall–Kier alpha value is -0.550. The summed E-state index contributed by atoms with van der Waals surface area (Å²) in [5.74, 6) is 0. The van der Waals surface area contributed by atoms with E-state index in [2.05, 4.69) is 4.98 Å². The van der Waals surface area contributed by atoms with Crippen LogP contribution in [0.3, 0.4) is 0 Å². The number of hydrogen-bond donors (Lipinski definition) is 1. The first-order valence-electron chi connectivity index (χ1n) is 2.57. The van der Waals surface area contributed by atoms with E-state index in [1.807, 2.05) is 0 Å². The summed E-state index contributed by atoms with van der Waals surface area (Å²) in [6.45, 7) is -0.266. The maximum absolute atomic E-state index is 11.8. The molecule has 0 atom stereocenters. The van der Waals surface area contributed by atoms with Crippen LogP contribution in [0.1, 0.15) is 16.3 Å². The van der Waals surface area contributed by atoms with Crippen molar-refractivity contribution in [1.82, 2.24) is 4.98 Å².